The summed E-state index contributed by atoms with van der Waals surface area (Å²) in [7, 11) is 0. The molecule has 2 aromatic carbocycles. The molecule has 4 aromatic rings. The number of benzene rings is 2. The lowest BCUT2D eigenvalue weighted by atomic mass is 10.1. The Kier molecular flexibility index (Phi) is 5.39. The van der Waals surface area contributed by atoms with Crippen LogP contribution in [0.1, 0.15) is 11.6 Å². The molecule has 4 rings (SSSR count). The van der Waals surface area contributed by atoms with E-state index in [1.54, 1.807) is 48.5 Å². The molecule has 0 aliphatic heterocycles. The van der Waals surface area contributed by atoms with E-state index in [0.29, 0.717) is 22.3 Å². The fourth-order valence-electron chi connectivity index (χ4n) is 2.94. The van der Waals surface area contributed by atoms with E-state index in [2.05, 4.69) is 32.2 Å². The molecule has 0 bridgehead atoms. The van der Waals surface area contributed by atoms with Crippen LogP contribution < -0.4 is 10.6 Å². The number of carboxylic acids is 1. The van der Waals surface area contributed by atoms with Crippen LogP contribution in [0, 0.1) is 0 Å². The van der Waals surface area contributed by atoms with Gasteiger partial charge in [-0.15, -0.1) is 0 Å². The quantitative estimate of drug-likeness (QED) is 0.390. The van der Waals surface area contributed by atoms with Crippen LogP contribution in [-0.4, -0.2) is 31.9 Å². The predicted molar refractivity (Wildman–Crippen MR) is 114 cm³/mol. The molecule has 9 heteroatoms. The summed E-state index contributed by atoms with van der Waals surface area (Å²) in [5.74, 6) is -0.844. The molecular weight excluding hydrogens is 398 g/mol. The second-order valence-electron chi connectivity index (χ2n) is 6.49. The first-order valence-electron chi connectivity index (χ1n) is 9.25. The third-order valence-corrected chi connectivity index (χ3v) is 4.44. The summed E-state index contributed by atoms with van der Waals surface area (Å²) in [4.78, 5) is 35.9. The van der Waals surface area contributed by atoms with Gasteiger partial charge in [0.25, 0.3) is 5.71 Å². The summed E-state index contributed by atoms with van der Waals surface area (Å²) in [6.45, 7) is 3.41. The van der Waals surface area contributed by atoms with Crippen LogP contribution in [0.4, 0.5) is 11.5 Å². The maximum absolute atomic E-state index is 11.8. The van der Waals surface area contributed by atoms with Crippen molar-refractivity contribution in [3.8, 4) is 11.5 Å². The number of carbonyl (C=O) groups excluding carboxylic acids is 1. The molecule has 1 amide bonds. The minimum Gasteiger partial charge on any atom is -0.479 e. The zero-order valence-electron chi connectivity index (χ0n) is 16.1. The number of nitrogens with zero attached hydrogens (tertiary/aromatic N) is 3. The second kappa shape index (κ2) is 8.46. The highest BCUT2D eigenvalue weighted by atomic mass is 16.4. The van der Waals surface area contributed by atoms with Crippen LogP contribution in [0.15, 0.2) is 78.0 Å². The molecular formula is C22H17N5O4. The lowest BCUT2D eigenvalue weighted by Gasteiger charge is -2.15. The van der Waals surface area contributed by atoms with Crippen molar-refractivity contribution in [3.05, 3.63) is 79.1 Å². The first-order chi connectivity index (χ1) is 15.0. The molecule has 0 spiro atoms. The Hall–Kier alpha value is -4.53. The van der Waals surface area contributed by atoms with Crippen molar-refractivity contribution in [1.29, 1.82) is 0 Å². The molecule has 1 unspecified atom stereocenters. The zero-order chi connectivity index (χ0) is 21.8. The lowest BCUT2D eigenvalue weighted by Crippen LogP contribution is -2.21. The number of aliphatic carboxylic acids is 1. The Balaban J connectivity index is 1.65. The minimum absolute atomic E-state index is 0.216. The Morgan fingerprint density at radius 1 is 1.06 bits per heavy atom. The molecule has 1 atom stereocenters. The number of carbonyl (C=O) groups is 2. The monoisotopic (exact) mass is 415 g/mol. The largest absolute Gasteiger partial charge is 0.479 e. The number of amides is 1. The number of fused-ring (bicyclic) bond motifs is 1. The SMILES string of the molecule is C=CC(=O)Nc1ccc(-c2nc3c(NC(C(=O)O)c4ccccc4)ncnc3o2)cc1. The van der Waals surface area contributed by atoms with E-state index in [4.69, 9.17) is 4.42 Å². The van der Waals surface area contributed by atoms with Crippen molar-refractivity contribution >= 4 is 34.6 Å². The molecule has 9 nitrogen and oxygen atoms in total. The van der Waals surface area contributed by atoms with Gasteiger partial charge in [0.05, 0.1) is 0 Å². The van der Waals surface area contributed by atoms with Gasteiger partial charge in [0, 0.05) is 11.3 Å². The molecule has 2 heterocycles. The smallest absolute Gasteiger partial charge is 0.330 e. The zero-order valence-corrected chi connectivity index (χ0v) is 16.1. The van der Waals surface area contributed by atoms with Gasteiger partial charge in [-0.3, -0.25) is 4.79 Å². The normalized spacial score (nSPS) is 11.6. The van der Waals surface area contributed by atoms with Crippen molar-refractivity contribution in [3.63, 3.8) is 0 Å². The van der Waals surface area contributed by atoms with Gasteiger partial charge in [-0.25, -0.2) is 14.8 Å². The number of hydrogen-bond acceptors (Lipinski definition) is 7. The Morgan fingerprint density at radius 2 is 1.81 bits per heavy atom. The van der Waals surface area contributed by atoms with Crippen molar-refractivity contribution < 1.29 is 19.1 Å². The van der Waals surface area contributed by atoms with Gasteiger partial charge in [-0.1, -0.05) is 36.9 Å². The molecule has 2 aromatic heterocycles. The third kappa shape index (κ3) is 4.25. The highest BCUT2D eigenvalue weighted by molar-refractivity contribution is 5.99. The van der Waals surface area contributed by atoms with Gasteiger partial charge in [0.2, 0.25) is 11.8 Å². The van der Waals surface area contributed by atoms with Crippen molar-refractivity contribution in [2.75, 3.05) is 10.6 Å². The summed E-state index contributed by atoms with van der Waals surface area (Å²) < 4.78 is 5.73. The molecule has 0 aliphatic carbocycles. The number of carboxylic acid groups (broad SMARTS) is 1. The average Bonchev–Trinajstić information content (AvgIpc) is 3.23. The van der Waals surface area contributed by atoms with Crippen LogP contribution in [0.5, 0.6) is 0 Å². The molecule has 0 radical (unpaired) electrons. The van der Waals surface area contributed by atoms with Gasteiger partial charge in [0.1, 0.15) is 6.33 Å². The number of anilines is 2. The maximum Gasteiger partial charge on any atom is 0.330 e. The molecule has 0 fully saturated rings. The molecule has 0 saturated carbocycles. The van der Waals surface area contributed by atoms with Gasteiger partial charge in [-0.2, -0.15) is 4.98 Å². The van der Waals surface area contributed by atoms with E-state index in [9.17, 15) is 14.7 Å². The van der Waals surface area contributed by atoms with Gasteiger partial charge in [0.15, 0.2) is 17.4 Å². The minimum atomic E-state index is -1.06. The first-order valence-corrected chi connectivity index (χ1v) is 9.25. The second-order valence-corrected chi connectivity index (χ2v) is 6.49. The van der Waals surface area contributed by atoms with E-state index < -0.39 is 12.0 Å². The molecule has 154 valence electrons. The first kappa shape index (κ1) is 19.8. The van der Waals surface area contributed by atoms with Crippen LogP contribution in [-0.2, 0) is 9.59 Å². The van der Waals surface area contributed by atoms with E-state index in [0.717, 1.165) is 0 Å². The topological polar surface area (TPSA) is 130 Å². The number of hydrogen-bond donors (Lipinski definition) is 3. The summed E-state index contributed by atoms with van der Waals surface area (Å²) >= 11 is 0. The maximum atomic E-state index is 11.8. The third-order valence-electron chi connectivity index (χ3n) is 4.44. The van der Waals surface area contributed by atoms with Gasteiger partial charge in [-0.05, 0) is 35.9 Å². The van der Waals surface area contributed by atoms with E-state index >= 15 is 0 Å². The molecule has 3 N–H and O–H groups in total. The summed E-state index contributed by atoms with van der Waals surface area (Å²) in [5, 5.41) is 15.2. The molecule has 31 heavy (non-hydrogen) atoms. The summed E-state index contributed by atoms with van der Waals surface area (Å²) in [5.41, 5.74) is 2.34. The van der Waals surface area contributed by atoms with Crippen molar-refractivity contribution in [1.82, 2.24) is 15.0 Å². The summed E-state index contributed by atoms with van der Waals surface area (Å²) in [6, 6.07) is 14.6. The number of oxazole rings is 1. The molecule has 0 aliphatic rings. The highest BCUT2D eigenvalue weighted by Gasteiger charge is 2.23. The van der Waals surface area contributed by atoms with Gasteiger partial charge >= 0.3 is 5.97 Å². The number of rotatable bonds is 7. The van der Waals surface area contributed by atoms with Crippen molar-refractivity contribution in [2.24, 2.45) is 0 Å². The highest BCUT2D eigenvalue weighted by Crippen LogP contribution is 2.29. The Morgan fingerprint density at radius 3 is 2.48 bits per heavy atom. The average molecular weight is 415 g/mol. The lowest BCUT2D eigenvalue weighted by molar-refractivity contribution is -0.138. The number of nitrogens with one attached hydrogen (secondary N) is 2. The van der Waals surface area contributed by atoms with E-state index in [1.807, 2.05) is 6.07 Å². The van der Waals surface area contributed by atoms with Crippen molar-refractivity contribution in [2.45, 2.75) is 6.04 Å². The van der Waals surface area contributed by atoms with Crippen LogP contribution >= 0.6 is 0 Å². The van der Waals surface area contributed by atoms with Crippen LogP contribution in [0.2, 0.25) is 0 Å². The standard InChI is InChI=1S/C22H17N5O4/c1-2-16(28)25-15-10-8-14(9-11-15)20-27-18-19(23-12-24-21(18)31-20)26-17(22(29)30)13-6-4-3-5-7-13/h2-12,17H,1H2,(H,25,28)(H,29,30)(H,23,24,26). The number of aromatic nitrogens is 3. The Labute approximate surface area is 176 Å². The Bertz CT molecular complexity index is 1250. The van der Waals surface area contributed by atoms with E-state index in [1.165, 1.54) is 12.4 Å². The predicted octanol–water partition coefficient (Wildman–Crippen LogP) is 3.65. The van der Waals surface area contributed by atoms with Crippen LogP contribution in [0.25, 0.3) is 22.7 Å². The fraction of sp³-hybridized carbons (Fsp3) is 0.0455. The van der Waals surface area contributed by atoms with Gasteiger partial charge < -0.3 is 20.2 Å². The van der Waals surface area contributed by atoms with Crippen LogP contribution in [0.3, 0.4) is 0 Å². The van der Waals surface area contributed by atoms with E-state index in [-0.39, 0.29) is 23.3 Å². The molecule has 0 saturated heterocycles. The summed E-state index contributed by atoms with van der Waals surface area (Å²) in [6.07, 6.45) is 2.46. The fourth-order valence-corrected chi connectivity index (χ4v) is 2.94.